The van der Waals surface area contributed by atoms with Crippen molar-refractivity contribution < 1.29 is 0 Å². The molecule has 13 rings (SSSR count). The molecule has 6 aromatic heterocycles. The molecule has 0 N–H and O–H groups in total. The van der Waals surface area contributed by atoms with Gasteiger partial charge in [0.1, 0.15) is 0 Å². The van der Waals surface area contributed by atoms with E-state index in [1.807, 2.05) is 0 Å². The van der Waals surface area contributed by atoms with Crippen LogP contribution in [0, 0.1) is 13.8 Å². The summed E-state index contributed by atoms with van der Waals surface area (Å²) in [5.74, 6) is 0. The first kappa shape index (κ1) is 39.0. The van der Waals surface area contributed by atoms with Crippen LogP contribution in [0.25, 0.3) is 131 Å². The Hall–Kier alpha value is -8.45. The molecule has 314 valence electrons. The van der Waals surface area contributed by atoms with Gasteiger partial charge in [-0.15, -0.1) is 11.3 Å². The number of nitrogens with zero attached hydrogens (tertiary/aromatic N) is 5. The molecule has 6 heterocycles. The van der Waals surface area contributed by atoms with E-state index in [-0.39, 0.29) is 0 Å². The lowest BCUT2D eigenvalue weighted by atomic mass is 9.94. The second kappa shape index (κ2) is 15.6. The average molecular weight is 874 g/mol. The van der Waals surface area contributed by atoms with Crippen molar-refractivity contribution in [1.29, 1.82) is 0 Å². The minimum atomic E-state index is 0.800. The van der Waals surface area contributed by atoms with E-state index >= 15 is 0 Å². The maximum absolute atomic E-state index is 5.55. The number of fused-ring (bicyclic) bond motifs is 9. The van der Waals surface area contributed by atoms with Gasteiger partial charge >= 0.3 is 0 Å². The summed E-state index contributed by atoms with van der Waals surface area (Å²) in [4.78, 5) is 26.9. The van der Waals surface area contributed by atoms with Crippen LogP contribution in [0.3, 0.4) is 0 Å². The Morgan fingerprint density at radius 1 is 0.284 bits per heavy atom. The van der Waals surface area contributed by atoms with Crippen molar-refractivity contribution in [3.8, 4) is 67.2 Å². The van der Waals surface area contributed by atoms with Gasteiger partial charge in [-0.1, -0.05) is 164 Å². The molecule has 6 heteroatoms. The zero-order valence-corrected chi connectivity index (χ0v) is 37.5. The molecule has 0 fully saturated rings. The summed E-state index contributed by atoms with van der Waals surface area (Å²) < 4.78 is 2.24. The molecule has 7 aromatic carbocycles. The summed E-state index contributed by atoms with van der Waals surface area (Å²) in [6.07, 6.45) is 0. The number of hydrogen-bond donors (Lipinski definition) is 0. The van der Waals surface area contributed by atoms with Crippen molar-refractivity contribution >= 4 is 75.3 Å². The summed E-state index contributed by atoms with van der Waals surface area (Å²) >= 11 is 1.76. The third kappa shape index (κ3) is 6.56. The van der Waals surface area contributed by atoms with Crippen molar-refractivity contribution in [3.63, 3.8) is 0 Å². The minimum absolute atomic E-state index is 0.800. The Labute approximate surface area is 390 Å². The second-order valence-corrected chi connectivity index (χ2v) is 18.3. The lowest BCUT2D eigenvalue weighted by Gasteiger charge is -2.15. The van der Waals surface area contributed by atoms with Crippen molar-refractivity contribution in [2.75, 3.05) is 0 Å². The molecule has 0 saturated heterocycles. The highest BCUT2D eigenvalue weighted by Crippen LogP contribution is 2.44. The fourth-order valence-corrected chi connectivity index (χ4v) is 11.1. The number of rotatable bonds is 6. The fraction of sp³-hybridized carbons (Fsp3) is 0.0328. The first-order valence-electron chi connectivity index (χ1n) is 22.6. The number of hydrogen-bond acceptors (Lipinski definition) is 6. The van der Waals surface area contributed by atoms with Gasteiger partial charge in [-0.2, -0.15) is 0 Å². The van der Waals surface area contributed by atoms with Gasteiger partial charge in [0.15, 0.2) is 0 Å². The zero-order chi connectivity index (χ0) is 44.6. The molecule has 0 unspecified atom stereocenters. The van der Waals surface area contributed by atoms with Gasteiger partial charge in [-0.05, 0) is 94.8 Å². The molecule has 0 radical (unpaired) electrons. The minimum Gasteiger partial charge on any atom is -0.251 e. The topological polar surface area (TPSA) is 64.5 Å². The van der Waals surface area contributed by atoms with E-state index in [2.05, 4.69) is 214 Å². The molecule has 0 aliphatic heterocycles. The van der Waals surface area contributed by atoms with E-state index in [0.29, 0.717) is 0 Å². The number of pyridine rings is 5. The largest absolute Gasteiger partial charge is 0.251 e. The highest BCUT2D eigenvalue weighted by atomic mass is 32.1. The SMILES string of the molecule is Cc1cc(-c2ccccc2)c2ccc3c(-c4ccccc4)cc(-c4ccc5sc6c(-c7cc(-c8ccccc8)c8ccc9c(-c%10ccccc%10)cc(C)nc9c8n7)cccc6c5n4)nc3c2n1. The van der Waals surface area contributed by atoms with E-state index in [9.17, 15) is 0 Å². The molecule has 5 nitrogen and oxygen atoms in total. The second-order valence-electron chi connectivity index (χ2n) is 17.2. The molecule has 0 aliphatic carbocycles. The highest BCUT2D eigenvalue weighted by molar-refractivity contribution is 7.26. The third-order valence-corrected chi connectivity index (χ3v) is 14.2. The normalized spacial score (nSPS) is 11.7. The molecule has 0 bridgehead atoms. The van der Waals surface area contributed by atoms with Crippen LogP contribution in [-0.4, -0.2) is 24.9 Å². The summed E-state index contributed by atoms with van der Waals surface area (Å²) in [7, 11) is 0. The highest BCUT2D eigenvalue weighted by Gasteiger charge is 2.21. The van der Waals surface area contributed by atoms with Crippen LogP contribution < -0.4 is 0 Å². The maximum atomic E-state index is 5.55. The van der Waals surface area contributed by atoms with Crippen molar-refractivity contribution in [2.45, 2.75) is 13.8 Å². The van der Waals surface area contributed by atoms with E-state index in [1.165, 1.54) is 0 Å². The molecule has 0 amide bonds. The van der Waals surface area contributed by atoms with E-state index < -0.39 is 0 Å². The summed E-state index contributed by atoms with van der Waals surface area (Å²) in [5, 5.41) is 5.36. The lowest BCUT2D eigenvalue weighted by molar-refractivity contribution is 1.25. The Bertz CT molecular complexity index is 4090. The van der Waals surface area contributed by atoms with Crippen LogP contribution in [0.4, 0.5) is 0 Å². The van der Waals surface area contributed by atoms with Crippen molar-refractivity contribution in [2.24, 2.45) is 0 Å². The molecule has 0 spiro atoms. The number of aromatic nitrogens is 5. The number of thiophene rings is 1. The van der Waals surface area contributed by atoms with Crippen LogP contribution in [0.2, 0.25) is 0 Å². The predicted molar refractivity (Wildman–Crippen MR) is 280 cm³/mol. The summed E-state index contributed by atoms with van der Waals surface area (Å²) in [6.45, 7) is 4.14. The van der Waals surface area contributed by atoms with Gasteiger partial charge in [0.25, 0.3) is 0 Å². The molecule has 67 heavy (non-hydrogen) atoms. The van der Waals surface area contributed by atoms with E-state index in [4.69, 9.17) is 24.9 Å². The van der Waals surface area contributed by atoms with Crippen LogP contribution in [0.15, 0.2) is 200 Å². The molecular weight excluding hydrogens is 835 g/mol. The van der Waals surface area contributed by atoms with Gasteiger partial charge in [0.2, 0.25) is 0 Å². The van der Waals surface area contributed by atoms with Crippen LogP contribution in [0.1, 0.15) is 11.4 Å². The first-order chi connectivity index (χ1) is 33.0. The van der Waals surface area contributed by atoms with E-state index in [1.54, 1.807) is 11.3 Å². The Kier molecular flexibility index (Phi) is 9.08. The average Bonchev–Trinajstić information content (AvgIpc) is 3.77. The Morgan fingerprint density at radius 2 is 0.687 bits per heavy atom. The number of benzene rings is 7. The summed E-state index contributed by atoms with van der Waals surface area (Å²) in [5.41, 5.74) is 19.0. The lowest BCUT2D eigenvalue weighted by Crippen LogP contribution is -1.96. The predicted octanol–water partition coefficient (Wildman–Crippen LogP) is 16.3. The van der Waals surface area contributed by atoms with Gasteiger partial charge in [0, 0.05) is 48.6 Å². The quantitative estimate of drug-likeness (QED) is 0.156. The van der Waals surface area contributed by atoms with Gasteiger partial charge in [-0.25, -0.2) is 15.0 Å². The fourth-order valence-electron chi connectivity index (χ4n) is 9.91. The van der Waals surface area contributed by atoms with Crippen molar-refractivity contribution in [3.05, 3.63) is 212 Å². The van der Waals surface area contributed by atoms with E-state index in [0.717, 1.165) is 142 Å². The monoisotopic (exact) mass is 873 g/mol. The van der Waals surface area contributed by atoms with Gasteiger partial charge < -0.3 is 0 Å². The Morgan fingerprint density at radius 3 is 1.16 bits per heavy atom. The Balaban J connectivity index is 1.02. The maximum Gasteiger partial charge on any atom is 0.0979 e. The molecule has 0 saturated carbocycles. The van der Waals surface area contributed by atoms with Crippen molar-refractivity contribution in [1.82, 2.24) is 24.9 Å². The van der Waals surface area contributed by atoms with Crippen LogP contribution in [0.5, 0.6) is 0 Å². The third-order valence-electron chi connectivity index (χ3n) is 13.0. The first-order valence-corrected chi connectivity index (χ1v) is 23.4. The smallest absolute Gasteiger partial charge is 0.0979 e. The number of aryl methyl sites for hydroxylation is 2. The molecular formula is C61H39N5S. The van der Waals surface area contributed by atoms with Gasteiger partial charge in [0.05, 0.1) is 49.4 Å². The zero-order valence-electron chi connectivity index (χ0n) is 36.7. The molecule has 0 aliphatic rings. The van der Waals surface area contributed by atoms with Gasteiger partial charge in [-0.3, -0.25) is 9.97 Å². The molecule has 13 aromatic rings. The van der Waals surface area contributed by atoms with Crippen LogP contribution >= 0.6 is 11.3 Å². The molecule has 0 atom stereocenters. The van der Waals surface area contributed by atoms with Crippen LogP contribution in [-0.2, 0) is 0 Å². The summed E-state index contributed by atoms with van der Waals surface area (Å²) in [6, 6.07) is 70.8. The standard InChI is InChI=1S/C61H39N5S/c1-36-32-48(38-16-7-3-8-17-38)42-26-28-44-50(40-20-11-5-12-21-40)34-53(65-59(44)57(42)62-36)46-24-15-25-47-56-55(67-61(46)47)31-30-52(64-56)54-35-51(41-22-13-6-14-23-41)45-29-27-43-49(39-18-9-4-10-19-39)33-37(2)63-58(43)60(45)66-54/h3-35H,1-2H3.